The predicted molar refractivity (Wildman–Crippen MR) is 78.6 cm³/mol. The summed E-state index contributed by atoms with van der Waals surface area (Å²) < 4.78 is 0. The van der Waals surface area contributed by atoms with Gasteiger partial charge in [-0.1, -0.05) is 12.1 Å². The highest BCUT2D eigenvalue weighted by Crippen LogP contribution is 2.19. The summed E-state index contributed by atoms with van der Waals surface area (Å²) in [5.74, 6) is -0.162. The van der Waals surface area contributed by atoms with Crippen LogP contribution in [0.3, 0.4) is 0 Å². The maximum absolute atomic E-state index is 12.4. The van der Waals surface area contributed by atoms with Crippen LogP contribution in [0, 0.1) is 0 Å². The molecule has 1 aromatic carbocycles. The molecule has 1 aliphatic heterocycles. The standard InChI is InChI=1S/C15H21N3O3/c1-17-14(20)13-3-2-8-18(13)15(21)12(16)9-10-4-6-11(19)7-5-10/h4-7,12-13,19H,2-3,8-9,16H2,1H3,(H,17,20)/t12-,13?/m1/s1. The van der Waals surface area contributed by atoms with Crippen molar-refractivity contribution in [3.63, 3.8) is 0 Å². The Balaban J connectivity index is 2.01. The Morgan fingerprint density at radius 2 is 2.10 bits per heavy atom. The number of benzene rings is 1. The molecule has 0 aromatic heterocycles. The van der Waals surface area contributed by atoms with E-state index in [1.54, 1.807) is 36.2 Å². The van der Waals surface area contributed by atoms with E-state index in [9.17, 15) is 14.7 Å². The predicted octanol–water partition coefficient (Wildman–Crippen LogP) is -0.001000. The number of carbonyl (C=O) groups is 2. The van der Waals surface area contributed by atoms with Crippen LogP contribution in [0.2, 0.25) is 0 Å². The van der Waals surface area contributed by atoms with Gasteiger partial charge in [-0.15, -0.1) is 0 Å². The second-order valence-electron chi connectivity index (χ2n) is 5.28. The summed E-state index contributed by atoms with van der Waals surface area (Å²) in [6, 6.07) is 5.52. The van der Waals surface area contributed by atoms with Gasteiger partial charge in [-0.2, -0.15) is 0 Å². The van der Waals surface area contributed by atoms with Crippen molar-refractivity contribution in [1.29, 1.82) is 0 Å². The summed E-state index contributed by atoms with van der Waals surface area (Å²) >= 11 is 0. The van der Waals surface area contributed by atoms with Gasteiger partial charge in [0.25, 0.3) is 0 Å². The zero-order valence-corrected chi connectivity index (χ0v) is 12.1. The summed E-state index contributed by atoms with van der Waals surface area (Å²) in [5, 5.41) is 11.8. The quantitative estimate of drug-likeness (QED) is 0.727. The van der Waals surface area contributed by atoms with Crippen molar-refractivity contribution in [2.24, 2.45) is 5.73 Å². The van der Waals surface area contributed by atoms with Gasteiger partial charge in [-0.05, 0) is 37.0 Å². The molecule has 0 spiro atoms. The van der Waals surface area contributed by atoms with E-state index in [4.69, 9.17) is 5.73 Å². The molecule has 6 heteroatoms. The second-order valence-corrected chi connectivity index (χ2v) is 5.28. The van der Waals surface area contributed by atoms with E-state index in [1.807, 2.05) is 0 Å². The molecule has 114 valence electrons. The normalized spacial score (nSPS) is 19.3. The summed E-state index contributed by atoms with van der Waals surface area (Å²) in [5.41, 5.74) is 6.86. The van der Waals surface area contributed by atoms with Gasteiger partial charge in [0.15, 0.2) is 0 Å². The van der Waals surface area contributed by atoms with Crippen LogP contribution in [0.5, 0.6) is 5.75 Å². The minimum Gasteiger partial charge on any atom is -0.508 e. The van der Waals surface area contributed by atoms with E-state index in [0.29, 0.717) is 19.4 Å². The lowest BCUT2D eigenvalue weighted by Crippen LogP contribution is -2.51. The number of carbonyl (C=O) groups excluding carboxylic acids is 2. The number of phenolic OH excluding ortho intramolecular Hbond substituents is 1. The lowest BCUT2D eigenvalue weighted by Gasteiger charge is -2.26. The van der Waals surface area contributed by atoms with Gasteiger partial charge in [0.05, 0.1) is 6.04 Å². The van der Waals surface area contributed by atoms with E-state index in [0.717, 1.165) is 12.0 Å². The molecular formula is C15H21N3O3. The Hall–Kier alpha value is -2.08. The minimum atomic E-state index is -0.681. The molecule has 4 N–H and O–H groups in total. The maximum Gasteiger partial charge on any atom is 0.242 e. The number of phenols is 1. The number of nitrogens with two attached hydrogens (primary N) is 1. The number of likely N-dealkylation sites (N-methyl/N-ethyl adjacent to an activating group) is 1. The van der Waals surface area contributed by atoms with Crippen LogP contribution in [0.15, 0.2) is 24.3 Å². The van der Waals surface area contributed by atoms with Crippen LogP contribution in [0.4, 0.5) is 0 Å². The van der Waals surface area contributed by atoms with Crippen molar-refractivity contribution in [3.05, 3.63) is 29.8 Å². The SMILES string of the molecule is CNC(=O)C1CCCN1C(=O)[C@H](N)Cc1ccc(O)cc1. The molecule has 1 aliphatic rings. The lowest BCUT2D eigenvalue weighted by atomic mass is 10.0. The smallest absolute Gasteiger partial charge is 0.242 e. The van der Waals surface area contributed by atoms with Crippen molar-refractivity contribution in [3.8, 4) is 5.75 Å². The Bertz CT molecular complexity index is 515. The van der Waals surface area contributed by atoms with Gasteiger partial charge >= 0.3 is 0 Å². The average molecular weight is 291 g/mol. The zero-order chi connectivity index (χ0) is 15.4. The topological polar surface area (TPSA) is 95.7 Å². The zero-order valence-electron chi connectivity index (χ0n) is 12.1. The van der Waals surface area contributed by atoms with Crippen molar-refractivity contribution >= 4 is 11.8 Å². The van der Waals surface area contributed by atoms with Gasteiger partial charge in [0.2, 0.25) is 11.8 Å². The van der Waals surface area contributed by atoms with Crippen LogP contribution in [-0.4, -0.2) is 47.5 Å². The van der Waals surface area contributed by atoms with E-state index >= 15 is 0 Å². The number of aromatic hydroxyl groups is 1. The summed E-state index contributed by atoms with van der Waals surface area (Å²) in [6.45, 7) is 0.570. The van der Waals surface area contributed by atoms with Crippen LogP contribution in [-0.2, 0) is 16.0 Å². The van der Waals surface area contributed by atoms with Crippen molar-refractivity contribution < 1.29 is 14.7 Å². The first-order valence-electron chi connectivity index (χ1n) is 7.08. The first-order valence-corrected chi connectivity index (χ1v) is 7.08. The highest BCUT2D eigenvalue weighted by Gasteiger charge is 2.35. The fourth-order valence-corrected chi connectivity index (χ4v) is 2.66. The molecule has 2 atom stereocenters. The molecule has 0 radical (unpaired) electrons. The second kappa shape index (κ2) is 6.58. The van der Waals surface area contributed by atoms with Crippen LogP contribution >= 0.6 is 0 Å². The van der Waals surface area contributed by atoms with Gasteiger partial charge in [0.1, 0.15) is 11.8 Å². The maximum atomic E-state index is 12.4. The van der Waals surface area contributed by atoms with E-state index < -0.39 is 12.1 Å². The van der Waals surface area contributed by atoms with Gasteiger partial charge in [-0.3, -0.25) is 9.59 Å². The number of nitrogens with one attached hydrogen (secondary N) is 1. The first kappa shape index (κ1) is 15.3. The van der Waals surface area contributed by atoms with Crippen LogP contribution < -0.4 is 11.1 Å². The van der Waals surface area contributed by atoms with Crippen molar-refractivity contribution in [2.75, 3.05) is 13.6 Å². The number of rotatable bonds is 4. The summed E-state index contributed by atoms with van der Waals surface area (Å²) in [4.78, 5) is 25.8. The van der Waals surface area contributed by atoms with Crippen molar-refractivity contribution in [2.45, 2.75) is 31.3 Å². The Morgan fingerprint density at radius 3 is 2.71 bits per heavy atom. The lowest BCUT2D eigenvalue weighted by molar-refractivity contribution is -0.139. The molecule has 0 bridgehead atoms. The number of hydrogen-bond donors (Lipinski definition) is 3. The van der Waals surface area contributed by atoms with E-state index in [2.05, 4.69) is 5.32 Å². The minimum absolute atomic E-state index is 0.141. The fraction of sp³-hybridized carbons (Fsp3) is 0.467. The molecule has 2 amide bonds. The molecule has 1 heterocycles. The third-order valence-electron chi connectivity index (χ3n) is 3.79. The first-order chi connectivity index (χ1) is 10.0. The van der Waals surface area contributed by atoms with Gasteiger partial charge in [-0.25, -0.2) is 0 Å². The Kier molecular flexibility index (Phi) is 4.80. The largest absolute Gasteiger partial charge is 0.508 e. The molecule has 0 saturated carbocycles. The molecular weight excluding hydrogens is 270 g/mol. The summed E-state index contributed by atoms with van der Waals surface area (Å²) in [6.07, 6.45) is 1.88. The van der Waals surface area contributed by atoms with Crippen LogP contribution in [0.25, 0.3) is 0 Å². The number of nitrogens with zero attached hydrogens (tertiary/aromatic N) is 1. The number of likely N-dealkylation sites (tertiary alicyclic amines) is 1. The Morgan fingerprint density at radius 1 is 1.43 bits per heavy atom. The fourth-order valence-electron chi connectivity index (χ4n) is 2.66. The third kappa shape index (κ3) is 3.52. The van der Waals surface area contributed by atoms with E-state index in [-0.39, 0.29) is 17.6 Å². The third-order valence-corrected chi connectivity index (χ3v) is 3.79. The monoisotopic (exact) mass is 291 g/mol. The Labute approximate surface area is 123 Å². The molecule has 6 nitrogen and oxygen atoms in total. The van der Waals surface area contributed by atoms with Gasteiger partial charge in [0, 0.05) is 13.6 Å². The highest BCUT2D eigenvalue weighted by molar-refractivity contribution is 5.90. The average Bonchev–Trinajstić information content (AvgIpc) is 2.97. The molecule has 21 heavy (non-hydrogen) atoms. The molecule has 2 rings (SSSR count). The van der Waals surface area contributed by atoms with Crippen LogP contribution in [0.1, 0.15) is 18.4 Å². The highest BCUT2D eigenvalue weighted by atomic mass is 16.3. The van der Waals surface area contributed by atoms with E-state index in [1.165, 1.54) is 0 Å². The molecule has 1 fully saturated rings. The molecule has 0 aliphatic carbocycles. The van der Waals surface area contributed by atoms with Gasteiger partial charge < -0.3 is 21.1 Å². The number of hydrogen-bond acceptors (Lipinski definition) is 4. The molecule has 1 saturated heterocycles. The molecule has 1 aromatic rings. The molecule has 1 unspecified atom stereocenters. The van der Waals surface area contributed by atoms with Crippen molar-refractivity contribution in [1.82, 2.24) is 10.2 Å². The summed E-state index contributed by atoms with van der Waals surface area (Å²) in [7, 11) is 1.57. The number of amides is 2.